The molecule has 0 bridgehead atoms. The van der Waals surface area contributed by atoms with Gasteiger partial charge in [-0.1, -0.05) is 0 Å². The number of carboxylic acid groups (broad SMARTS) is 1. The maximum absolute atomic E-state index is 12.1. The quantitative estimate of drug-likeness (QED) is 0.746. The Kier molecular flexibility index (Phi) is 4.10. The molecule has 1 aliphatic heterocycles. The molecule has 21 heavy (non-hydrogen) atoms. The van der Waals surface area contributed by atoms with Crippen LogP contribution < -0.4 is 5.32 Å². The molecular weight excluding hydrogens is 278 g/mol. The molecule has 114 valence electrons. The third-order valence-electron chi connectivity index (χ3n) is 3.32. The Bertz CT molecular complexity index is 570. The molecule has 0 saturated carbocycles. The molecule has 1 aromatic heterocycles. The lowest BCUT2D eigenvalue weighted by molar-refractivity contribution is -0.139. The Labute approximate surface area is 121 Å². The standard InChI is InChI=1S/C12H17N5O4/c1-15-3-4-17(7-9(15)18)12(21)14-10(11(19)20)8-5-13-16(2)6-8/h5-6,10H,3-4,7H2,1-2H3,(H,14,21)(H,19,20). The van der Waals surface area contributed by atoms with Gasteiger partial charge in [0.25, 0.3) is 0 Å². The summed E-state index contributed by atoms with van der Waals surface area (Å²) in [5.74, 6) is -1.36. The Morgan fingerprint density at radius 2 is 2.10 bits per heavy atom. The van der Waals surface area contributed by atoms with Crippen LogP contribution in [-0.2, 0) is 16.6 Å². The number of aryl methyl sites for hydroxylation is 1. The van der Waals surface area contributed by atoms with E-state index in [1.807, 2.05) is 0 Å². The zero-order valence-corrected chi connectivity index (χ0v) is 11.8. The second-order valence-corrected chi connectivity index (χ2v) is 4.90. The molecular formula is C12H17N5O4. The van der Waals surface area contributed by atoms with E-state index in [2.05, 4.69) is 10.4 Å². The molecule has 0 aromatic carbocycles. The highest BCUT2D eigenvalue weighted by atomic mass is 16.4. The van der Waals surface area contributed by atoms with Gasteiger partial charge >= 0.3 is 12.0 Å². The second kappa shape index (κ2) is 5.81. The second-order valence-electron chi connectivity index (χ2n) is 4.90. The van der Waals surface area contributed by atoms with Crippen LogP contribution >= 0.6 is 0 Å². The van der Waals surface area contributed by atoms with Gasteiger partial charge in [-0.05, 0) is 0 Å². The number of piperazine rings is 1. The van der Waals surface area contributed by atoms with Crippen molar-refractivity contribution < 1.29 is 19.5 Å². The van der Waals surface area contributed by atoms with Crippen molar-refractivity contribution >= 4 is 17.9 Å². The number of amides is 3. The van der Waals surface area contributed by atoms with Gasteiger partial charge in [-0.25, -0.2) is 9.59 Å². The number of nitrogens with zero attached hydrogens (tertiary/aromatic N) is 4. The molecule has 9 nitrogen and oxygen atoms in total. The third kappa shape index (κ3) is 3.30. The first-order valence-electron chi connectivity index (χ1n) is 6.39. The van der Waals surface area contributed by atoms with Crippen molar-refractivity contribution in [1.29, 1.82) is 0 Å². The van der Waals surface area contributed by atoms with Crippen LogP contribution in [-0.4, -0.2) is 69.3 Å². The number of carbonyl (C=O) groups excluding carboxylic acids is 2. The molecule has 0 radical (unpaired) electrons. The van der Waals surface area contributed by atoms with Gasteiger partial charge in [-0.2, -0.15) is 5.10 Å². The Morgan fingerprint density at radius 1 is 1.38 bits per heavy atom. The van der Waals surface area contributed by atoms with Crippen molar-refractivity contribution in [3.63, 3.8) is 0 Å². The maximum Gasteiger partial charge on any atom is 0.331 e. The van der Waals surface area contributed by atoms with E-state index in [1.54, 1.807) is 14.1 Å². The zero-order valence-electron chi connectivity index (χ0n) is 11.8. The van der Waals surface area contributed by atoms with E-state index in [9.17, 15) is 19.5 Å². The van der Waals surface area contributed by atoms with Gasteiger partial charge in [0, 0.05) is 38.9 Å². The minimum Gasteiger partial charge on any atom is -0.479 e. The van der Waals surface area contributed by atoms with Crippen LogP contribution in [0, 0.1) is 0 Å². The summed E-state index contributed by atoms with van der Waals surface area (Å²) in [6.45, 7) is 0.742. The largest absolute Gasteiger partial charge is 0.479 e. The van der Waals surface area contributed by atoms with Crippen molar-refractivity contribution in [2.75, 3.05) is 26.7 Å². The van der Waals surface area contributed by atoms with Gasteiger partial charge < -0.3 is 20.2 Å². The summed E-state index contributed by atoms with van der Waals surface area (Å²) in [6.07, 6.45) is 2.91. The molecule has 2 rings (SSSR count). The Balaban J connectivity index is 2.05. The van der Waals surface area contributed by atoms with Crippen LogP contribution in [0.4, 0.5) is 4.79 Å². The number of carboxylic acids is 1. The molecule has 1 aliphatic rings. The monoisotopic (exact) mass is 295 g/mol. The number of aromatic nitrogens is 2. The number of aliphatic carboxylic acids is 1. The van der Waals surface area contributed by atoms with Gasteiger partial charge in [0.15, 0.2) is 6.04 Å². The number of nitrogens with one attached hydrogen (secondary N) is 1. The first-order valence-corrected chi connectivity index (χ1v) is 6.39. The van der Waals surface area contributed by atoms with Crippen molar-refractivity contribution in [1.82, 2.24) is 24.9 Å². The number of rotatable bonds is 3. The summed E-state index contributed by atoms with van der Waals surface area (Å²) in [7, 11) is 3.32. The highest BCUT2D eigenvalue weighted by molar-refractivity contribution is 5.87. The van der Waals surface area contributed by atoms with Crippen LogP contribution in [0.25, 0.3) is 0 Å². The van der Waals surface area contributed by atoms with E-state index < -0.39 is 18.0 Å². The fraction of sp³-hybridized carbons (Fsp3) is 0.500. The molecule has 0 aliphatic carbocycles. The predicted octanol–water partition coefficient (Wildman–Crippen LogP) is -0.971. The molecule has 1 fully saturated rings. The molecule has 3 amide bonds. The molecule has 1 aromatic rings. The topological polar surface area (TPSA) is 108 Å². The number of urea groups is 1. The number of hydrogen-bond donors (Lipinski definition) is 2. The van der Waals surface area contributed by atoms with Crippen LogP contribution in [0.2, 0.25) is 0 Å². The zero-order chi connectivity index (χ0) is 15.6. The van der Waals surface area contributed by atoms with E-state index in [0.717, 1.165) is 0 Å². The van der Waals surface area contributed by atoms with Gasteiger partial charge in [0.05, 0.1) is 6.20 Å². The van der Waals surface area contributed by atoms with Crippen LogP contribution in [0.15, 0.2) is 12.4 Å². The van der Waals surface area contributed by atoms with Gasteiger partial charge in [0.2, 0.25) is 5.91 Å². The average molecular weight is 295 g/mol. The minimum absolute atomic E-state index is 0.0539. The molecule has 1 saturated heterocycles. The first kappa shape index (κ1) is 14.8. The van der Waals surface area contributed by atoms with Crippen LogP contribution in [0.1, 0.15) is 11.6 Å². The normalized spacial score (nSPS) is 16.8. The summed E-state index contributed by atoms with van der Waals surface area (Å²) in [5.41, 5.74) is 0.374. The third-order valence-corrected chi connectivity index (χ3v) is 3.32. The molecule has 9 heteroatoms. The number of carbonyl (C=O) groups is 3. The maximum atomic E-state index is 12.1. The predicted molar refractivity (Wildman–Crippen MR) is 71.3 cm³/mol. The lowest BCUT2D eigenvalue weighted by Gasteiger charge is -2.32. The van der Waals surface area contributed by atoms with Gasteiger partial charge in [-0.15, -0.1) is 0 Å². The summed E-state index contributed by atoms with van der Waals surface area (Å²) >= 11 is 0. The highest BCUT2D eigenvalue weighted by Gasteiger charge is 2.29. The van der Waals surface area contributed by atoms with Crippen molar-refractivity contribution in [2.45, 2.75) is 6.04 Å². The minimum atomic E-state index is -1.19. The van der Waals surface area contributed by atoms with Crippen molar-refractivity contribution in [2.24, 2.45) is 7.05 Å². The van der Waals surface area contributed by atoms with E-state index >= 15 is 0 Å². The Morgan fingerprint density at radius 3 is 2.62 bits per heavy atom. The molecule has 0 spiro atoms. The lowest BCUT2D eigenvalue weighted by atomic mass is 10.1. The van der Waals surface area contributed by atoms with Crippen LogP contribution in [0.3, 0.4) is 0 Å². The smallest absolute Gasteiger partial charge is 0.331 e. The molecule has 2 heterocycles. The summed E-state index contributed by atoms with van der Waals surface area (Å²) in [4.78, 5) is 37.8. The molecule has 2 N–H and O–H groups in total. The van der Waals surface area contributed by atoms with E-state index in [4.69, 9.17) is 0 Å². The van der Waals surface area contributed by atoms with Crippen LogP contribution in [0.5, 0.6) is 0 Å². The van der Waals surface area contributed by atoms with Gasteiger partial charge in [0.1, 0.15) is 6.54 Å². The highest BCUT2D eigenvalue weighted by Crippen LogP contribution is 2.13. The lowest BCUT2D eigenvalue weighted by Crippen LogP contribution is -2.54. The fourth-order valence-electron chi connectivity index (χ4n) is 2.02. The van der Waals surface area contributed by atoms with E-state index in [0.29, 0.717) is 18.7 Å². The average Bonchev–Trinajstić information content (AvgIpc) is 2.84. The van der Waals surface area contributed by atoms with Gasteiger partial charge in [-0.3, -0.25) is 9.48 Å². The number of hydrogen-bond acceptors (Lipinski definition) is 4. The fourth-order valence-corrected chi connectivity index (χ4v) is 2.02. The van der Waals surface area contributed by atoms with Crippen molar-refractivity contribution in [3.05, 3.63) is 18.0 Å². The summed E-state index contributed by atoms with van der Waals surface area (Å²) < 4.78 is 1.46. The first-order chi connectivity index (χ1) is 9.88. The van der Waals surface area contributed by atoms with E-state index in [1.165, 1.54) is 26.9 Å². The number of likely N-dealkylation sites (N-methyl/N-ethyl adjacent to an activating group) is 1. The van der Waals surface area contributed by atoms with Crippen molar-refractivity contribution in [3.8, 4) is 0 Å². The SMILES string of the molecule is CN1CCN(C(=O)NC(C(=O)O)c2cnn(C)c2)CC1=O. The molecule has 1 unspecified atom stereocenters. The Hall–Kier alpha value is -2.58. The summed E-state index contributed by atoms with van der Waals surface area (Å²) in [5, 5.41) is 15.5. The molecule has 1 atom stereocenters. The van der Waals surface area contributed by atoms with E-state index in [-0.39, 0.29) is 12.5 Å². The summed E-state index contributed by atoms with van der Waals surface area (Å²) in [6, 6.07) is -1.77.